The highest BCUT2D eigenvalue weighted by Gasteiger charge is 2.29. The van der Waals surface area contributed by atoms with Gasteiger partial charge in [-0.3, -0.25) is 14.4 Å². The summed E-state index contributed by atoms with van der Waals surface area (Å²) in [6, 6.07) is 12.7. The van der Waals surface area contributed by atoms with Crippen LogP contribution >= 0.6 is 0 Å². The quantitative estimate of drug-likeness (QED) is 0.766. The topological polar surface area (TPSA) is 69.7 Å². The van der Waals surface area contributed by atoms with Crippen molar-refractivity contribution < 1.29 is 13.2 Å². The van der Waals surface area contributed by atoms with Gasteiger partial charge in [-0.05, 0) is 62.1 Å². The lowest BCUT2D eigenvalue weighted by molar-refractivity contribution is 0.0572. The summed E-state index contributed by atoms with van der Waals surface area (Å²) in [5, 5.41) is 0. The van der Waals surface area contributed by atoms with Gasteiger partial charge in [-0.25, -0.2) is 8.42 Å². The molecular weight excluding hydrogens is 410 g/mol. The number of benzene rings is 2. The molecule has 1 saturated heterocycles. The minimum Gasteiger partial charge on any atom is -0.336 e. The standard InChI is InChI=1S/C24H31N3O3S/c1-18-6-5-7-20(16-18)25-31(29,30)22-11-10-19(2)23(17-22)24(28)27-14-12-26(13-15-27)21-8-3-4-9-21/h5-7,10-11,16-17,21,25H,3-4,8-9,12-15H2,1-2H3. The molecule has 0 spiro atoms. The van der Waals surface area contributed by atoms with E-state index in [0.717, 1.165) is 24.2 Å². The number of nitrogens with zero attached hydrogens (tertiary/aromatic N) is 2. The second-order valence-corrected chi connectivity index (χ2v) is 10.4. The van der Waals surface area contributed by atoms with Crippen LogP contribution in [0.15, 0.2) is 47.4 Å². The van der Waals surface area contributed by atoms with E-state index in [2.05, 4.69) is 9.62 Å². The van der Waals surface area contributed by atoms with Crippen molar-refractivity contribution in [3.63, 3.8) is 0 Å². The van der Waals surface area contributed by atoms with Crippen LogP contribution in [0.25, 0.3) is 0 Å². The number of rotatable bonds is 5. The SMILES string of the molecule is Cc1cccc(NS(=O)(=O)c2ccc(C)c(C(=O)N3CCN(C4CCCC4)CC3)c2)c1. The summed E-state index contributed by atoms with van der Waals surface area (Å²) in [5.74, 6) is -0.0869. The average molecular weight is 442 g/mol. The summed E-state index contributed by atoms with van der Waals surface area (Å²) in [4.78, 5) is 17.7. The maximum absolute atomic E-state index is 13.2. The first-order valence-corrected chi connectivity index (χ1v) is 12.6. The highest BCUT2D eigenvalue weighted by Crippen LogP contribution is 2.25. The van der Waals surface area contributed by atoms with Crippen LogP contribution in [0, 0.1) is 13.8 Å². The van der Waals surface area contributed by atoms with Gasteiger partial charge in [-0.15, -0.1) is 0 Å². The van der Waals surface area contributed by atoms with Crippen LogP contribution < -0.4 is 4.72 Å². The number of hydrogen-bond acceptors (Lipinski definition) is 4. The third kappa shape index (κ3) is 4.93. The predicted octanol–water partition coefficient (Wildman–Crippen LogP) is 3.80. The molecule has 4 rings (SSSR count). The van der Waals surface area contributed by atoms with E-state index >= 15 is 0 Å². The van der Waals surface area contributed by atoms with Gasteiger partial charge in [0.05, 0.1) is 4.90 Å². The lowest BCUT2D eigenvalue weighted by Crippen LogP contribution is -2.51. The molecule has 0 radical (unpaired) electrons. The van der Waals surface area contributed by atoms with Gasteiger partial charge in [0.1, 0.15) is 0 Å². The third-order valence-electron chi connectivity index (χ3n) is 6.46. The molecule has 1 aliphatic heterocycles. The summed E-state index contributed by atoms with van der Waals surface area (Å²) in [6.07, 6.45) is 5.14. The number of carbonyl (C=O) groups is 1. The van der Waals surface area contributed by atoms with Crippen molar-refractivity contribution in [2.45, 2.75) is 50.5 Å². The lowest BCUT2D eigenvalue weighted by atomic mass is 10.1. The van der Waals surface area contributed by atoms with E-state index in [1.807, 2.05) is 30.9 Å². The van der Waals surface area contributed by atoms with Crippen LogP contribution in [-0.4, -0.2) is 56.3 Å². The minimum atomic E-state index is -3.78. The first kappa shape index (κ1) is 21.8. The number of sulfonamides is 1. The number of hydrogen-bond donors (Lipinski definition) is 1. The van der Waals surface area contributed by atoms with Crippen molar-refractivity contribution in [2.75, 3.05) is 30.9 Å². The van der Waals surface area contributed by atoms with Crippen LogP contribution in [0.1, 0.15) is 47.2 Å². The van der Waals surface area contributed by atoms with Gasteiger partial charge in [-0.2, -0.15) is 0 Å². The minimum absolute atomic E-state index is 0.0869. The summed E-state index contributed by atoms with van der Waals surface area (Å²) in [7, 11) is -3.78. The van der Waals surface area contributed by atoms with Crippen molar-refractivity contribution in [1.82, 2.24) is 9.80 Å². The highest BCUT2D eigenvalue weighted by atomic mass is 32.2. The van der Waals surface area contributed by atoms with E-state index in [1.54, 1.807) is 24.3 Å². The van der Waals surface area contributed by atoms with Gasteiger partial charge >= 0.3 is 0 Å². The first-order chi connectivity index (χ1) is 14.8. The fraction of sp³-hybridized carbons (Fsp3) is 0.458. The van der Waals surface area contributed by atoms with Gasteiger partial charge in [-0.1, -0.05) is 31.0 Å². The molecule has 1 saturated carbocycles. The number of anilines is 1. The Morgan fingerprint density at radius 1 is 0.968 bits per heavy atom. The number of amides is 1. The largest absolute Gasteiger partial charge is 0.336 e. The average Bonchev–Trinajstić information content (AvgIpc) is 3.28. The molecule has 0 bridgehead atoms. The second kappa shape index (κ2) is 9.01. The molecule has 166 valence electrons. The molecular formula is C24H31N3O3S. The summed E-state index contributed by atoms with van der Waals surface area (Å²) in [6.45, 7) is 6.92. The first-order valence-electron chi connectivity index (χ1n) is 11.1. The van der Waals surface area contributed by atoms with E-state index < -0.39 is 10.0 Å². The lowest BCUT2D eigenvalue weighted by Gasteiger charge is -2.38. The number of aryl methyl sites for hydroxylation is 2. The molecule has 0 atom stereocenters. The van der Waals surface area contributed by atoms with Crippen molar-refractivity contribution in [3.8, 4) is 0 Å². The number of nitrogens with one attached hydrogen (secondary N) is 1. The summed E-state index contributed by atoms with van der Waals surface area (Å²) < 4.78 is 28.5. The predicted molar refractivity (Wildman–Crippen MR) is 123 cm³/mol. The third-order valence-corrected chi connectivity index (χ3v) is 7.84. The maximum atomic E-state index is 13.2. The van der Waals surface area contributed by atoms with Gasteiger partial charge < -0.3 is 4.90 Å². The Balaban J connectivity index is 1.49. The van der Waals surface area contributed by atoms with Crippen LogP contribution in [0.3, 0.4) is 0 Å². The molecule has 2 aromatic rings. The molecule has 6 nitrogen and oxygen atoms in total. The molecule has 1 N–H and O–H groups in total. The van der Waals surface area contributed by atoms with Gasteiger partial charge in [0, 0.05) is 43.5 Å². The van der Waals surface area contributed by atoms with Gasteiger partial charge in [0.15, 0.2) is 0 Å². The Labute approximate surface area is 185 Å². The Hall–Kier alpha value is -2.38. The summed E-state index contributed by atoms with van der Waals surface area (Å²) in [5.41, 5.74) is 2.73. The van der Waals surface area contributed by atoms with Crippen LogP contribution in [0.5, 0.6) is 0 Å². The maximum Gasteiger partial charge on any atom is 0.261 e. The monoisotopic (exact) mass is 441 g/mol. The smallest absolute Gasteiger partial charge is 0.261 e. The molecule has 0 aromatic heterocycles. The van der Waals surface area contributed by atoms with Crippen molar-refractivity contribution in [1.29, 1.82) is 0 Å². The van der Waals surface area contributed by atoms with Crippen LogP contribution in [-0.2, 0) is 10.0 Å². The Morgan fingerprint density at radius 3 is 2.35 bits per heavy atom. The molecule has 2 fully saturated rings. The Bertz CT molecular complexity index is 1050. The van der Waals surface area contributed by atoms with Gasteiger partial charge in [0.25, 0.3) is 15.9 Å². The van der Waals surface area contributed by atoms with E-state index in [9.17, 15) is 13.2 Å². The fourth-order valence-electron chi connectivity index (χ4n) is 4.65. The molecule has 1 amide bonds. The molecule has 1 heterocycles. The van der Waals surface area contributed by atoms with Crippen molar-refractivity contribution >= 4 is 21.6 Å². The molecule has 1 aliphatic carbocycles. The van der Waals surface area contributed by atoms with Crippen LogP contribution in [0.2, 0.25) is 0 Å². The molecule has 0 unspecified atom stereocenters. The van der Waals surface area contributed by atoms with Gasteiger partial charge in [0.2, 0.25) is 0 Å². The zero-order valence-electron chi connectivity index (χ0n) is 18.3. The zero-order chi connectivity index (χ0) is 22.0. The zero-order valence-corrected chi connectivity index (χ0v) is 19.1. The fourth-order valence-corrected chi connectivity index (χ4v) is 5.73. The van der Waals surface area contributed by atoms with E-state index in [4.69, 9.17) is 0 Å². The Kier molecular flexibility index (Phi) is 6.34. The molecule has 2 aromatic carbocycles. The van der Waals surface area contributed by atoms with Crippen LogP contribution in [0.4, 0.5) is 5.69 Å². The normalized spacial score (nSPS) is 18.3. The molecule has 7 heteroatoms. The number of carbonyl (C=O) groups excluding carboxylic acids is 1. The van der Waals surface area contributed by atoms with E-state index in [1.165, 1.54) is 31.7 Å². The van der Waals surface area contributed by atoms with Crippen molar-refractivity contribution in [3.05, 3.63) is 59.2 Å². The summed E-state index contributed by atoms with van der Waals surface area (Å²) >= 11 is 0. The highest BCUT2D eigenvalue weighted by molar-refractivity contribution is 7.92. The molecule has 31 heavy (non-hydrogen) atoms. The van der Waals surface area contributed by atoms with E-state index in [-0.39, 0.29) is 10.8 Å². The number of piperazine rings is 1. The van der Waals surface area contributed by atoms with Crippen molar-refractivity contribution in [2.24, 2.45) is 0 Å². The molecule has 2 aliphatic rings. The second-order valence-electron chi connectivity index (χ2n) is 8.72. The Morgan fingerprint density at radius 2 is 1.68 bits per heavy atom. The van der Waals surface area contributed by atoms with E-state index in [0.29, 0.717) is 30.4 Å².